The van der Waals surface area contributed by atoms with Crippen LogP contribution in [-0.2, 0) is 20.2 Å². The van der Waals surface area contributed by atoms with E-state index in [9.17, 15) is 13.2 Å². The van der Waals surface area contributed by atoms with Gasteiger partial charge in [0.2, 0.25) is 10.0 Å². The van der Waals surface area contributed by atoms with Crippen molar-refractivity contribution in [3.8, 4) is 0 Å². The Morgan fingerprint density at radius 1 is 0.971 bits per heavy atom. The number of carbonyl (C=O) groups is 1. The van der Waals surface area contributed by atoms with Crippen molar-refractivity contribution in [1.82, 2.24) is 5.43 Å². The van der Waals surface area contributed by atoms with Gasteiger partial charge in [-0.05, 0) is 98.8 Å². The van der Waals surface area contributed by atoms with Crippen LogP contribution in [-0.4, -0.2) is 32.8 Å². The number of benzene rings is 2. The maximum Gasteiger partial charge on any atom is 0.260 e. The van der Waals surface area contributed by atoms with E-state index in [0.717, 1.165) is 39.4 Å². The lowest BCUT2D eigenvalue weighted by Gasteiger charge is -2.57. The summed E-state index contributed by atoms with van der Waals surface area (Å²) in [6.45, 7) is 3.50. The van der Waals surface area contributed by atoms with Gasteiger partial charge in [-0.1, -0.05) is 42.0 Å². The van der Waals surface area contributed by atoms with E-state index in [-0.39, 0.29) is 12.0 Å². The fraction of sp³-hybridized carbons (Fsp3) is 0.500. The molecule has 0 saturated heterocycles. The van der Waals surface area contributed by atoms with Crippen LogP contribution in [0.5, 0.6) is 0 Å². The van der Waals surface area contributed by atoms with Crippen LogP contribution in [0.3, 0.4) is 0 Å². The van der Waals surface area contributed by atoms with Crippen LogP contribution in [0.4, 0.5) is 5.69 Å². The molecular weight excluding hydrogens is 458 g/mol. The van der Waals surface area contributed by atoms with Gasteiger partial charge in [0.25, 0.3) is 5.91 Å². The fourth-order valence-corrected chi connectivity index (χ4v) is 7.87. The highest BCUT2D eigenvalue weighted by Gasteiger charge is 2.51. The summed E-state index contributed by atoms with van der Waals surface area (Å²) in [5, 5.41) is 4.17. The number of rotatable bonds is 7. The standard InChI is InChI=1S/C28H35N3O3S/c1-19-4-6-24(7-5-19)20(2)29-30-27(32)18-31(35(3,33)34)26-10-8-25(9-11-26)28-15-21-12-22(16-28)14-23(13-21)17-28/h4-11,21-23H,12-18H2,1-3H3,(H,30,32)/b29-20-. The van der Waals surface area contributed by atoms with Crippen molar-refractivity contribution in [3.63, 3.8) is 0 Å². The second kappa shape index (κ2) is 9.08. The smallest absolute Gasteiger partial charge is 0.260 e. The highest BCUT2D eigenvalue weighted by molar-refractivity contribution is 7.92. The Morgan fingerprint density at radius 2 is 1.51 bits per heavy atom. The average Bonchev–Trinajstić information content (AvgIpc) is 2.80. The Bertz CT molecular complexity index is 1200. The summed E-state index contributed by atoms with van der Waals surface area (Å²) >= 11 is 0. The second-order valence-corrected chi connectivity index (χ2v) is 13.0. The summed E-state index contributed by atoms with van der Waals surface area (Å²) in [5.41, 5.74) is 7.30. The Kier molecular flexibility index (Phi) is 6.24. The Labute approximate surface area is 208 Å². The highest BCUT2D eigenvalue weighted by atomic mass is 32.2. The molecular formula is C28H35N3O3S. The third kappa shape index (κ3) is 5.01. The van der Waals surface area contributed by atoms with Crippen molar-refractivity contribution >= 4 is 27.3 Å². The van der Waals surface area contributed by atoms with Crippen LogP contribution < -0.4 is 9.73 Å². The molecule has 0 heterocycles. The summed E-state index contributed by atoms with van der Waals surface area (Å²) in [6, 6.07) is 15.8. The normalized spacial score (nSPS) is 27.6. The highest BCUT2D eigenvalue weighted by Crippen LogP contribution is 2.60. The number of aryl methyl sites for hydroxylation is 1. The molecule has 4 fully saturated rings. The Hall–Kier alpha value is -2.67. The predicted molar refractivity (Wildman–Crippen MR) is 140 cm³/mol. The van der Waals surface area contributed by atoms with Gasteiger partial charge in [0.05, 0.1) is 17.7 Å². The lowest BCUT2D eigenvalue weighted by molar-refractivity contribution is -0.119. The lowest BCUT2D eigenvalue weighted by atomic mass is 9.48. The SMILES string of the molecule is C/C(=N/NC(=O)CN(c1ccc(C23CC4CC(CC(C4)C2)C3)cc1)S(C)(=O)=O)c1ccc(C)cc1. The molecule has 7 heteroatoms. The topological polar surface area (TPSA) is 78.8 Å². The van der Waals surface area contributed by atoms with Gasteiger partial charge in [0.1, 0.15) is 6.54 Å². The summed E-state index contributed by atoms with van der Waals surface area (Å²) in [4.78, 5) is 12.6. The zero-order chi connectivity index (χ0) is 24.8. The first kappa shape index (κ1) is 24.0. The van der Waals surface area contributed by atoms with E-state index in [0.29, 0.717) is 11.4 Å². The molecule has 0 radical (unpaired) electrons. The monoisotopic (exact) mass is 493 g/mol. The van der Waals surface area contributed by atoms with Crippen molar-refractivity contribution in [1.29, 1.82) is 0 Å². The number of nitrogens with zero attached hydrogens (tertiary/aromatic N) is 2. The minimum atomic E-state index is -3.64. The molecule has 0 atom stereocenters. The van der Waals surface area contributed by atoms with Gasteiger partial charge >= 0.3 is 0 Å². The summed E-state index contributed by atoms with van der Waals surface area (Å²) < 4.78 is 26.3. The minimum Gasteiger partial charge on any atom is -0.271 e. The minimum absolute atomic E-state index is 0.253. The number of amides is 1. The van der Waals surface area contributed by atoms with Crippen molar-refractivity contribution in [3.05, 3.63) is 65.2 Å². The number of sulfonamides is 1. The molecule has 6 nitrogen and oxygen atoms in total. The van der Waals surface area contributed by atoms with E-state index < -0.39 is 15.9 Å². The predicted octanol–water partition coefficient (Wildman–Crippen LogP) is 4.77. The molecule has 2 aromatic carbocycles. The molecule has 0 aliphatic heterocycles. The number of carbonyl (C=O) groups excluding carboxylic acids is 1. The first-order chi connectivity index (χ1) is 16.6. The molecule has 1 amide bonds. The number of nitrogens with one attached hydrogen (secondary N) is 1. The quantitative estimate of drug-likeness (QED) is 0.446. The third-order valence-corrected chi connectivity index (χ3v) is 9.45. The maximum absolute atomic E-state index is 12.6. The molecule has 4 saturated carbocycles. The first-order valence-electron chi connectivity index (χ1n) is 12.6. The molecule has 0 spiro atoms. The van der Waals surface area contributed by atoms with Crippen LogP contribution in [0, 0.1) is 24.7 Å². The van der Waals surface area contributed by atoms with Gasteiger partial charge in [-0.25, -0.2) is 13.8 Å². The number of hydrogen-bond donors (Lipinski definition) is 1. The van der Waals surface area contributed by atoms with Gasteiger partial charge in [0, 0.05) is 0 Å². The largest absolute Gasteiger partial charge is 0.271 e. The summed E-state index contributed by atoms with van der Waals surface area (Å²) in [5.74, 6) is 2.07. The molecule has 35 heavy (non-hydrogen) atoms. The Morgan fingerprint density at radius 3 is 2.03 bits per heavy atom. The number of hydrogen-bond acceptors (Lipinski definition) is 4. The van der Waals surface area contributed by atoms with Crippen LogP contribution >= 0.6 is 0 Å². The van der Waals surface area contributed by atoms with Crippen molar-refractivity contribution in [2.75, 3.05) is 17.1 Å². The van der Waals surface area contributed by atoms with Crippen LogP contribution in [0.25, 0.3) is 0 Å². The van der Waals surface area contributed by atoms with E-state index in [1.54, 1.807) is 0 Å². The number of anilines is 1. The van der Waals surface area contributed by atoms with E-state index in [4.69, 9.17) is 0 Å². The lowest BCUT2D eigenvalue weighted by Crippen LogP contribution is -2.48. The Balaban J connectivity index is 1.30. The molecule has 2 aromatic rings. The van der Waals surface area contributed by atoms with Crippen LogP contribution in [0.1, 0.15) is 62.1 Å². The van der Waals surface area contributed by atoms with Gasteiger partial charge in [0.15, 0.2) is 0 Å². The first-order valence-corrected chi connectivity index (χ1v) is 14.4. The summed E-state index contributed by atoms with van der Waals surface area (Å²) in [6.07, 6.45) is 9.08. The third-order valence-electron chi connectivity index (χ3n) is 8.31. The summed E-state index contributed by atoms with van der Waals surface area (Å²) in [7, 11) is -3.64. The fourth-order valence-electron chi connectivity index (χ4n) is 7.02. The van der Waals surface area contributed by atoms with Crippen LogP contribution in [0.2, 0.25) is 0 Å². The average molecular weight is 494 g/mol. The van der Waals surface area contributed by atoms with Crippen molar-refractivity contribution in [2.45, 2.75) is 57.8 Å². The van der Waals surface area contributed by atoms with Crippen molar-refractivity contribution < 1.29 is 13.2 Å². The van der Waals surface area contributed by atoms with E-state index >= 15 is 0 Å². The van der Waals surface area contributed by atoms with E-state index in [2.05, 4.69) is 22.7 Å². The molecule has 4 aliphatic carbocycles. The molecule has 1 N–H and O–H groups in total. The zero-order valence-corrected chi connectivity index (χ0v) is 21.6. The molecule has 4 aliphatic rings. The van der Waals surface area contributed by atoms with Gasteiger partial charge in [-0.2, -0.15) is 5.10 Å². The van der Waals surface area contributed by atoms with Gasteiger partial charge in [-0.3, -0.25) is 9.10 Å². The zero-order valence-electron chi connectivity index (χ0n) is 20.8. The van der Waals surface area contributed by atoms with Crippen molar-refractivity contribution in [2.24, 2.45) is 22.9 Å². The van der Waals surface area contributed by atoms with Crippen LogP contribution in [0.15, 0.2) is 53.6 Å². The molecule has 6 rings (SSSR count). The van der Waals surface area contributed by atoms with E-state index in [1.807, 2.05) is 50.2 Å². The molecule has 4 bridgehead atoms. The molecule has 0 aromatic heterocycles. The number of hydrazone groups is 1. The second-order valence-electron chi connectivity index (χ2n) is 11.1. The van der Waals surface area contributed by atoms with Gasteiger partial charge in [-0.15, -0.1) is 0 Å². The maximum atomic E-state index is 12.6. The van der Waals surface area contributed by atoms with E-state index in [1.165, 1.54) is 44.1 Å². The molecule has 0 unspecified atom stereocenters. The molecule has 186 valence electrons. The van der Waals surface area contributed by atoms with Gasteiger partial charge < -0.3 is 0 Å².